The van der Waals surface area contributed by atoms with Gasteiger partial charge in [0.15, 0.2) is 6.29 Å². The first-order valence-corrected chi connectivity index (χ1v) is 6.39. The summed E-state index contributed by atoms with van der Waals surface area (Å²) in [6.45, 7) is 2.64. The van der Waals surface area contributed by atoms with Gasteiger partial charge in [-0.3, -0.25) is 0 Å². The topological polar surface area (TPSA) is 71.3 Å². The molecule has 0 radical (unpaired) electrons. The Kier molecular flexibility index (Phi) is 6.15. The Morgan fingerprint density at radius 1 is 1.42 bits per heavy atom. The van der Waals surface area contributed by atoms with E-state index >= 15 is 0 Å². The quantitative estimate of drug-likeness (QED) is 0.714. The van der Waals surface area contributed by atoms with Gasteiger partial charge in [-0.05, 0) is 36.7 Å². The van der Waals surface area contributed by atoms with Crippen LogP contribution in [0.25, 0.3) is 10.9 Å². The molecule has 106 valence electrons. The van der Waals surface area contributed by atoms with E-state index in [1.807, 2.05) is 31.3 Å². The van der Waals surface area contributed by atoms with Gasteiger partial charge in [0.1, 0.15) is 5.75 Å². The highest BCUT2D eigenvalue weighted by Crippen LogP contribution is 2.24. The van der Waals surface area contributed by atoms with Crippen molar-refractivity contribution in [3.63, 3.8) is 0 Å². The van der Waals surface area contributed by atoms with Gasteiger partial charge in [0.25, 0.3) is 0 Å². The number of H-pyrrole nitrogens is 1. The molecule has 0 saturated carbocycles. The van der Waals surface area contributed by atoms with Gasteiger partial charge >= 0.3 is 0 Å². The van der Waals surface area contributed by atoms with E-state index < -0.39 is 6.29 Å². The van der Waals surface area contributed by atoms with Crippen molar-refractivity contribution in [1.82, 2.24) is 4.98 Å². The third-order valence-electron chi connectivity index (χ3n) is 2.96. The molecule has 19 heavy (non-hydrogen) atoms. The number of ether oxygens (including phenoxy) is 1. The third-order valence-corrected chi connectivity index (χ3v) is 2.96. The highest BCUT2D eigenvalue weighted by atomic mass is 35.5. The molecule has 0 bridgehead atoms. The Morgan fingerprint density at radius 3 is 2.89 bits per heavy atom. The molecule has 1 heterocycles. The molecule has 1 aromatic carbocycles. The van der Waals surface area contributed by atoms with E-state index in [9.17, 15) is 5.11 Å². The minimum absolute atomic E-state index is 0. The van der Waals surface area contributed by atoms with Crippen molar-refractivity contribution in [2.75, 3.05) is 6.54 Å². The predicted molar refractivity (Wildman–Crippen MR) is 79.8 cm³/mol. The Balaban J connectivity index is 0.00000180. The van der Waals surface area contributed by atoms with Gasteiger partial charge in [-0.25, -0.2) is 0 Å². The molecular weight excluding hydrogens is 264 g/mol. The molecule has 5 heteroatoms. The molecule has 0 aliphatic heterocycles. The number of fused-ring (bicyclic) bond motifs is 1. The van der Waals surface area contributed by atoms with E-state index in [2.05, 4.69) is 4.98 Å². The van der Waals surface area contributed by atoms with E-state index in [0.717, 1.165) is 23.7 Å². The molecule has 0 amide bonds. The zero-order valence-electron chi connectivity index (χ0n) is 11.1. The smallest absolute Gasteiger partial charge is 0.197 e. The zero-order valence-corrected chi connectivity index (χ0v) is 11.9. The fraction of sp³-hybridized carbons (Fsp3) is 0.429. The summed E-state index contributed by atoms with van der Waals surface area (Å²) in [6, 6.07) is 5.78. The summed E-state index contributed by atoms with van der Waals surface area (Å²) in [7, 11) is 0. The van der Waals surface area contributed by atoms with Crippen LogP contribution in [0.2, 0.25) is 0 Å². The second-order valence-electron chi connectivity index (χ2n) is 4.42. The number of aromatic amines is 1. The second-order valence-corrected chi connectivity index (χ2v) is 4.42. The molecule has 0 spiro atoms. The molecule has 0 saturated heterocycles. The van der Waals surface area contributed by atoms with E-state index in [4.69, 9.17) is 10.5 Å². The minimum atomic E-state index is -0.732. The van der Waals surface area contributed by atoms with Crippen LogP contribution < -0.4 is 10.5 Å². The van der Waals surface area contributed by atoms with Crippen LogP contribution in [0.5, 0.6) is 5.75 Å². The Bertz CT molecular complexity index is 513. The van der Waals surface area contributed by atoms with Crippen LogP contribution in [-0.4, -0.2) is 22.9 Å². The highest BCUT2D eigenvalue weighted by molar-refractivity contribution is 5.85. The highest BCUT2D eigenvalue weighted by Gasteiger charge is 2.08. The molecule has 4 nitrogen and oxygen atoms in total. The fourth-order valence-corrected chi connectivity index (χ4v) is 2.06. The van der Waals surface area contributed by atoms with E-state index in [0.29, 0.717) is 18.7 Å². The van der Waals surface area contributed by atoms with Crippen LogP contribution in [0.1, 0.15) is 25.3 Å². The van der Waals surface area contributed by atoms with E-state index in [1.54, 1.807) is 0 Å². The maximum atomic E-state index is 9.65. The number of nitrogens with one attached hydrogen (secondary N) is 1. The molecule has 2 rings (SSSR count). The summed E-state index contributed by atoms with van der Waals surface area (Å²) in [5, 5.41) is 10.8. The first-order valence-electron chi connectivity index (χ1n) is 6.39. The van der Waals surface area contributed by atoms with Gasteiger partial charge in [-0.2, -0.15) is 0 Å². The van der Waals surface area contributed by atoms with Gasteiger partial charge in [0.2, 0.25) is 0 Å². The Labute approximate surface area is 119 Å². The minimum Gasteiger partial charge on any atom is -0.465 e. The van der Waals surface area contributed by atoms with Gasteiger partial charge in [0.05, 0.1) is 0 Å². The first-order chi connectivity index (χ1) is 8.74. The van der Waals surface area contributed by atoms with Gasteiger partial charge in [-0.15, -0.1) is 12.4 Å². The lowest BCUT2D eigenvalue weighted by Crippen LogP contribution is -2.14. The molecule has 1 unspecified atom stereocenters. The van der Waals surface area contributed by atoms with E-state index in [-0.39, 0.29) is 12.4 Å². The van der Waals surface area contributed by atoms with E-state index in [1.165, 1.54) is 5.56 Å². The number of nitrogens with two attached hydrogens (primary N) is 1. The van der Waals surface area contributed by atoms with Crippen LogP contribution in [0.15, 0.2) is 24.4 Å². The monoisotopic (exact) mass is 284 g/mol. The fourth-order valence-electron chi connectivity index (χ4n) is 2.06. The normalized spacial score (nSPS) is 12.2. The SMILES string of the molecule is CCCC(O)Oc1ccc2[nH]cc(CCN)c2c1.Cl. The molecule has 0 aliphatic carbocycles. The predicted octanol–water partition coefficient (Wildman–Crippen LogP) is 2.59. The van der Waals surface area contributed by atoms with Crippen molar-refractivity contribution in [3.05, 3.63) is 30.0 Å². The maximum Gasteiger partial charge on any atom is 0.197 e. The van der Waals surface area contributed by atoms with Crippen LogP contribution >= 0.6 is 12.4 Å². The Morgan fingerprint density at radius 2 is 2.21 bits per heavy atom. The van der Waals surface area contributed by atoms with Gasteiger partial charge < -0.3 is 20.6 Å². The summed E-state index contributed by atoms with van der Waals surface area (Å²) in [4.78, 5) is 3.21. The number of benzene rings is 1. The van der Waals surface area contributed by atoms with Crippen molar-refractivity contribution in [2.24, 2.45) is 5.73 Å². The lowest BCUT2D eigenvalue weighted by Gasteiger charge is -2.12. The standard InChI is InChI=1S/C14H20N2O2.ClH/c1-2-3-14(17)18-11-4-5-13-12(8-11)10(6-7-15)9-16-13;/h4-5,8-9,14,16-17H,2-3,6-7,15H2,1H3;1H. The number of aliphatic hydroxyl groups excluding tert-OH is 1. The summed E-state index contributed by atoms with van der Waals surface area (Å²) in [5.41, 5.74) is 7.83. The summed E-state index contributed by atoms with van der Waals surface area (Å²) < 4.78 is 5.48. The third kappa shape index (κ3) is 3.86. The molecule has 4 N–H and O–H groups in total. The van der Waals surface area contributed by atoms with Crippen LogP contribution in [0, 0.1) is 0 Å². The lowest BCUT2D eigenvalue weighted by molar-refractivity contribution is -0.0232. The summed E-state index contributed by atoms with van der Waals surface area (Å²) in [6.07, 6.45) is 3.61. The molecular formula is C14H21ClN2O2. The van der Waals surface area contributed by atoms with Gasteiger partial charge in [0, 0.05) is 23.5 Å². The maximum absolute atomic E-state index is 9.65. The average molecular weight is 285 g/mol. The summed E-state index contributed by atoms with van der Waals surface area (Å²) in [5.74, 6) is 0.696. The van der Waals surface area contributed by atoms with Crippen molar-refractivity contribution >= 4 is 23.3 Å². The van der Waals surface area contributed by atoms with Crippen LogP contribution in [-0.2, 0) is 6.42 Å². The zero-order chi connectivity index (χ0) is 13.0. The number of hydrogen-bond acceptors (Lipinski definition) is 3. The summed E-state index contributed by atoms with van der Waals surface area (Å²) >= 11 is 0. The molecule has 0 fully saturated rings. The molecule has 1 aromatic heterocycles. The lowest BCUT2D eigenvalue weighted by atomic mass is 10.1. The molecule has 0 aliphatic rings. The number of halogens is 1. The van der Waals surface area contributed by atoms with Crippen molar-refractivity contribution in [3.8, 4) is 5.75 Å². The number of aromatic nitrogens is 1. The Hall–Kier alpha value is -1.23. The number of hydrogen-bond donors (Lipinski definition) is 3. The van der Waals surface area contributed by atoms with Crippen molar-refractivity contribution in [2.45, 2.75) is 32.5 Å². The van der Waals surface area contributed by atoms with Gasteiger partial charge in [-0.1, -0.05) is 13.3 Å². The first kappa shape index (κ1) is 15.8. The molecule has 1 atom stereocenters. The number of rotatable bonds is 6. The number of aliphatic hydroxyl groups is 1. The largest absolute Gasteiger partial charge is 0.465 e. The van der Waals surface area contributed by atoms with Crippen LogP contribution in [0.3, 0.4) is 0 Å². The van der Waals surface area contributed by atoms with Crippen LogP contribution in [0.4, 0.5) is 0 Å². The van der Waals surface area contributed by atoms with Crippen molar-refractivity contribution < 1.29 is 9.84 Å². The molecule has 2 aromatic rings. The average Bonchev–Trinajstić information content (AvgIpc) is 2.73. The second kappa shape index (κ2) is 7.38. The van der Waals surface area contributed by atoms with Crippen molar-refractivity contribution in [1.29, 1.82) is 0 Å².